The smallest absolute Gasteiger partial charge is 0.253 e. The van der Waals surface area contributed by atoms with Crippen molar-refractivity contribution in [1.82, 2.24) is 15.3 Å². The molecule has 2 aromatic heterocycles. The molecule has 0 bridgehead atoms. The fourth-order valence-electron chi connectivity index (χ4n) is 3.18. The number of pyridine rings is 1. The van der Waals surface area contributed by atoms with Gasteiger partial charge in [0.2, 0.25) is 0 Å². The fraction of sp³-hybridized carbons (Fsp3) is 0.562. The first-order chi connectivity index (χ1) is 10.8. The van der Waals surface area contributed by atoms with E-state index in [-0.39, 0.29) is 11.9 Å². The van der Waals surface area contributed by atoms with Crippen LogP contribution >= 0.6 is 23.6 Å². The molecule has 1 saturated carbocycles. The van der Waals surface area contributed by atoms with Crippen LogP contribution in [0.3, 0.4) is 0 Å². The van der Waals surface area contributed by atoms with Crippen molar-refractivity contribution in [3.05, 3.63) is 21.8 Å². The van der Waals surface area contributed by atoms with Crippen molar-refractivity contribution < 1.29 is 9.90 Å². The van der Waals surface area contributed by atoms with Gasteiger partial charge >= 0.3 is 0 Å². The van der Waals surface area contributed by atoms with Gasteiger partial charge in [-0.2, -0.15) is 0 Å². The first-order valence-corrected chi connectivity index (χ1v) is 9.07. The lowest BCUT2D eigenvalue weighted by Crippen LogP contribution is -2.41. The molecule has 1 aliphatic rings. The molecule has 124 valence electrons. The monoisotopic (exact) mass is 351 g/mol. The van der Waals surface area contributed by atoms with Crippen LogP contribution in [-0.4, -0.2) is 32.6 Å². The lowest BCUT2D eigenvalue weighted by molar-refractivity contribution is -0.00257. The number of nitrogens with one attached hydrogen (secondary N) is 2. The fourth-order valence-corrected chi connectivity index (χ4v) is 4.28. The molecule has 0 radical (unpaired) electrons. The van der Waals surface area contributed by atoms with Crippen molar-refractivity contribution in [3.63, 3.8) is 0 Å². The molecule has 1 amide bonds. The Balaban J connectivity index is 1.64. The van der Waals surface area contributed by atoms with Crippen LogP contribution in [0, 0.1) is 9.87 Å². The Morgan fingerprint density at radius 3 is 2.78 bits per heavy atom. The topological polar surface area (TPSA) is 78.0 Å². The highest BCUT2D eigenvalue weighted by Gasteiger charge is 2.31. The zero-order valence-corrected chi connectivity index (χ0v) is 14.9. The van der Waals surface area contributed by atoms with Crippen molar-refractivity contribution in [3.8, 4) is 0 Å². The molecular weight excluding hydrogens is 330 g/mol. The minimum Gasteiger partial charge on any atom is -0.390 e. The van der Waals surface area contributed by atoms with E-state index in [0.717, 1.165) is 36.0 Å². The number of nitrogens with zero attached hydrogens (tertiary/aromatic N) is 1. The molecule has 1 fully saturated rings. The first-order valence-electron chi connectivity index (χ1n) is 7.85. The summed E-state index contributed by atoms with van der Waals surface area (Å²) in [6.45, 7) is 3.73. The van der Waals surface area contributed by atoms with Gasteiger partial charge in [-0.25, -0.2) is 4.98 Å². The van der Waals surface area contributed by atoms with Crippen molar-refractivity contribution >= 4 is 39.8 Å². The molecule has 2 aromatic rings. The van der Waals surface area contributed by atoms with Gasteiger partial charge < -0.3 is 15.4 Å². The highest BCUT2D eigenvalue weighted by Crippen LogP contribution is 2.32. The second kappa shape index (κ2) is 6.30. The third-order valence-electron chi connectivity index (χ3n) is 4.60. The summed E-state index contributed by atoms with van der Waals surface area (Å²) < 4.78 is 1.56. The number of aromatic nitrogens is 2. The number of rotatable bonds is 3. The number of fused-ring (bicyclic) bond motifs is 1. The lowest BCUT2D eigenvalue weighted by atomic mass is 9.77. The van der Waals surface area contributed by atoms with E-state index in [4.69, 9.17) is 12.2 Å². The van der Waals surface area contributed by atoms with Gasteiger partial charge in [0, 0.05) is 12.2 Å². The van der Waals surface area contributed by atoms with Gasteiger partial charge in [0.05, 0.1) is 15.9 Å². The number of amides is 1. The van der Waals surface area contributed by atoms with Crippen LogP contribution in [0.2, 0.25) is 0 Å². The number of hydrogen-bond acceptors (Lipinski definition) is 5. The van der Waals surface area contributed by atoms with Crippen molar-refractivity contribution in [2.75, 3.05) is 0 Å². The zero-order valence-electron chi connectivity index (χ0n) is 13.3. The molecule has 3 rings (SSSR count). The van der Waals surface area contributed by atoms with Gasteiger partial charge in [0.15, 0.2) is 3.95 Å². The molecule has 0 spiro atoms. The summed E-state index contributed by atoms with van der Waals surface area (Å²) in [5, 5.41) is 13.2. The van der Waals surface area contributed by atoms with Gasteiger partial charge in [-0.05, 0) is 63.7 Å². The predicted octanol–water partition coefficient (Wildman–Crippen LogP) is 3.41. The maximum Gasteiger partial charge on any atom is 0.253 e. The van der Waals surface area contributed by atoms with Crippen LogP contribution in [0.1, 0.15) is 49.9 Å². The highest BCUT2D eigenvalue weighted by molar-refractivity contribution is 7.73. The molecule has 0 saturated heterocycles. The summed E-state index contributed by atoms with van der Waals surface area (Å²) in [6, 6.07) is 2.00. The van der Waals surface area contributed by atoms with E-state index in [9.17, 15) is 9.90 Å². The van der Waals surface area contributed by atoms with Crippen LogP contribution in [-0.2, 0) is 0 Å². The number of aromatic amines is 1. The van der Waals surface area contributed by atoms with Gasteiger partial charge in [-0.15, -0.1) is 11.3 Å². The van der Waals surface area contributed by atoms with Crippen LogP contribution in [0.5, 0.6) is 0 Å². The Hall–Kier alpha value is -1.31. The Bertz CT molecular complexity index is 767. The maximum absolute atomic E-state index is 12.4. The minimum absolute atomic E-state index is 0.0922. The highest BCUT2D eigenvalue weighted by atomic mass is 32.1. The van der Waals surface area contributed by atoms with Crippen LogP contribution in [0.4, 0.5) is 0 Å². The number of hydrogen-bond donors (Lipinski definition) is 3. The normalized spacial score (nSPS) is 22.2. The Morgan fingerprint density at radius 1 is 1.43 bits per heavy atom. The zero-order chi connectivity index (χ0) is 16.6. The molecular formula is C16H21N3O2S2. The Labute approximate surface area is 144 Å². The van der Waals surface area contributed by atoms with Gasteiger partial charge in [-0.1, -0.05) is 0 Å². The quantitative estimate of drug-likeness (QED) is 0.741. The number of aliphatic hydroxyl groups is 1. The van der Waals surface area contributed by atoms with Crippen LogP contribution in [0.15, 0.2) is 12.3 Å². The average molecular weight is 351 g/mol. The number of carbonyl (C=O) groups is 1. The van der Waals surface area contributed by atoms with Gasteiger partial charge in [-0.3, -0.25) is 4.79 Å². The summed E-state index contributed by atoms with van der Waals surface area (Å²) in [5.41, 5.74) is 0.649. The van der Waals surface area contributed by atoms with E-state index < -0.39 is 5.60 Å². The van der Waals surface area contributed by atoms with Crippen LogP contribution < -0.4 is 5.32 Å². The van der Waals surface area contributed by atoms with E-state index >= 15 is 0 Å². The van der Waals surface area contributed by atoms with Crippen molar-refractivity contribution in [2.45, 2.75) is 51.2 Å². The molecule has 2 heterocycles. The molecule has 1 aliphatic carbocycles. The Kier molecular flexibility index (Phi) is 4.53. The second-order valence-electron chi connectivity index (χ2n) is 6.76. The number of H-pyrrole nitrogens is 1. The molecule has 0 aromatic carbocycles. The predicted molar refractivity (Wildman–Crippen MR) is 94.3 cm³/mol. The number of carbonyl (C=O) groups excluding carboxylic acids is 1. The summed E-state index contributed by atoms with van der Waals surface area (Å²) in [7, 11) is 0. The van der Waals surface area contributed by atoms with E-state index in [1.807, 2.05) is 19.9 Å². The second-order valence-corrected chi connectivity index (χ2v) is 8.48. The summed E-state index contributed by atoms with van der Waals surface area (Å²) in [5.74, 6) is 0.214. The van der Waals surface area contributed by atoms with Gasteiger partial charge in [0.1, 0.15) is 5.65 Å². The molecule has 0 atom stereocenters. The third kappa shape index (κ3) is 3.79. The minimum atomic E-state index is -0.637. The SMILES string of the molecule is CC(C)(O)C1CCC(NC(=O)c2cnc3[nH]c(=S)sc3c2)CC1. The van der Waals surface area contributed by atoms with Crippen LogP contribution in [0.25, 0.3) is 10.3 Å². The van der Waals surface area contributed by atoms with Crippen molar-refractivity contribution in [1.29, 1.82) is 0 Å². The number of thiazole rings is 1. The molecule has 23 heavy (non-hydrogen) atoms. The molecule has 3 N–H and O–H groups in total. The lowest BCUT2D eigenvalue weighted by Gasteiger charge is -2.36. The summed E-state index contributed by atoms with van der Waals surface area (Å²) in [4.78, 5) is 19.7. The maximum atomic E-state index is 12.4. The Morgan fingerprint density at radius 2 is 2.13 bits per heavy atom. The van der Waals surface area contributed by atoms with E-state index in [1.54, 1.807) is 6.20 Å². The largest absolute Gasteiger partial charge is 0.390 e. The molecule has 5 nitrogen and oxygen atoms in total. The summed E-state index contributed by atoms with van der Waals surface area (Å²) in [6.07, 6.45) is 5.26. The van der Waals surface area contributed by atoms with Crippen molar-refractivity contribution in [2.24, 2.45) is 5.92 Å². The average Bonchev–Trinajstić information content (AvgIpc) is 2.85. The molecule has 0 aliphatic heterocycles. The van der Waals surface area contributed by atoms with E-state index in [0.29, 0.717) is 15.4 Å². The molecule has 7 heteroatoms. The van der Waals surface area contributed by atoms with E-state index in [2.05, 4.69) is 15.3 Å². The standard InChI is InChI=1S/C16H21N3O2S2/c1-16(2,21)10-3-5-11(6-4-10)18-14(20)9-7-12-13(17-8-9)19-15(22)23-12/h7-8,10-11,21H,3-6H2,1-2H3,(H,18,20)(H,17,19,22). The third-order valence-corrected chi connectivity index (χ3v) is 5.77. The van der Waals surface area contributed by atoms with E-state index in [1.165, 1.54) is 11.3 Å². The summed E-state index contributed by atoms with van der Waals surface area (Å²) >= 11 is 6.52. The van der Waals surface area contributed by atoms with Gasteiger partial charge in [0.25, 0.3) is 5.91 Å². The molecule has 0 unspecified atom stereocenters. The first kappa shape index (κ1) is 16.5.